The van der Waals surface area contributed by atoms with Crippen molar-refractivity contribution in [2.75, 3.05) is 31.8 Å². The highest BCUT2D eigenvalue weighted by Crippen LogP contribution is 2.24. The first-order valence-electron chi connectivity index (χ1n) is 9.18. The summed E-state index contributed by atoms with van der Waals surface area (Å²) in [6.45, 7) is 2.83. The normalized spacial score (nSPS) is 16.0. The van der Waals surface area contributed by atoms with Crippen LogP contribution < -0.4 is 24.4 Å². The summed E-state index contributed by atoms with van der Waals surface area (Å²) in [4.78, 5) is 26.1. The van der Waals surface area contributed by atoms with E-state index in [2.05, 4.69) is 5.32 Å². The van der Waals surface area contributed by atoms with Gasteiger partial charge in [-0.05, 0) is 55.5 Å². The van der Waals surface area contributed by atoms with Gasteiger partial charge in [0, 0.05) is 18.7 Å². The molecule has 0 aromatic heterocycles. The number of nitrogens with one attached hydrogen (secondary N) is 1. The van der Waals surface area contributed by atoms with Crippen molar-refractivity contribution in [2.24, 2.45) is 0 Å². The Bertz CT molecular complexity index is 805. The zero-order chi connectivity index (χ0) is 19.9. The second kappa shape index (κ2) is 9.12. The molecule has 1 fully saturated rings. The molecule has 1 saturated heterocycles. The van der Waals surface area contributed by atoms with E-state index in [0.717, 1.165) is 17.2 Å². The van der Waals surface area contributed by atoms with Crippen LogP contribution in [0.2, 0.25) is 0 Å². The third-order valence-corrected chi connectivity index (χ3v) is 4.38. The molecule has 2 aromatic rings. The zero-order valence-corrected chi connectivity index (χ0v) is 16.0. The van der Waals surface area contributed by atoms with Crippen LogP contribution in [0.3, 0.4) is 0 Å². The molecule has 1 aliphatic rings. The van der Waals surface area contributed by atoms with E-state index in [4.69, 9.17) is 14.2 Å². The highest BCUT2D eigenvalue weighted by molar-refractivity contribution is 5.97. The fourth-order valence-corrected chi connectivity index (χ4v) is 3.03. The molecule has 1 atom stereocenters. The Morgan fingerprint density at radius 2 is 1.64 bits per heavy atom. The number of nitrogens with zero attached hydrogens (tertiary/aromatic N) is 1. The van der Waals surface area contributed by atoms with Crippen LogP contribution >= 0.6 is 0 Å². The Balaban J connectivity index is 1.49. The topological polar surface area (TPSA) is 77.1 Å². The lowest BCUT2D eigenvalue weighted by atomic mass is 10.2. The van der Waals surface area contributed by atoms with Crippen LogP contribution in [0.25, 0.3) is 0 Å². The fourth-order valence-electron chi connectivity index (χ4n) is 3.03. The standard InChI is InChI=1S/C21H24N2O5/c1-3-27-18-6-4-16(5-7-18)23-13-15(12-21(23)25)22-20(24)14-28-19-10-8-17(26-2)9-11-19/h4-11,15H,3,12-14H2,1-2H3,(H,22,24). The van der Waals surface area contributed by atoms with Crippen molar-refractivity contribution in [3.05, 3.63) is 48.5 Å². The molecule has 1 N–H and O–H groups in total. The van der Waals surface area contributed by atoms with Crippen LogP contribution in [0.4, 0.5) is 5.69 Å². The quantitative estimate of drug-likeness (QED) is 0.756. The molecule has 0 spiro atoms. The Morgan fingerprint density at radius 1 is 1.04 bits per heavy atom. The van der Waals surface area contributed by atoms with Gasteiger partial charge >= 0.3 is 0 Å². The van der Waals surface area contributed by atoms with Crippen molar-refractivity contribution in [3.63, 3.8) is 0 Å². The molecular weight excluding hydrogens is 360 g/mol. The maximum atomic E-state index is 12.3. The first kappa shape index (κ1) is 19.5. The number of anilines is 1. The summed E-state index contributed by atoms with van der Waals surface area (Å²) >= 11 is 0. The number of hydrogen-bond donors (Lipinski definition) is 1. The summed E-state index contributed by atoms with van der Waals surface area (Å²) < 4.78 is 16.0. The van der Waals surface area contributed by atoms with Gasteiger partial charge in [-0.15, -0.1) is 0 Å². The third-order valence-electron chi connectivity index (χ3n) is 4.38. The third kappa shape index (κ3) is 4.94. The molecule has 0 aliphatic carbocycles. The Labute approximate surface area is 164 Å². The number of hydrogen-bond acceptors (Lipinski definition) is 5. The van der Waals surface area contributed by atoms with E-state index in [0.29, 0.717) is 18.9 Å². The van der Waals surface area contributed by atoms with E-state index >= 15 is 0 Å². The molecular formula is C21H24N2O5. The molecule has 28 heavy (non-hydrogen) atoms. The average molecular weight is 384 g/mol. The Morgan fingerprint density at radius 3 is 2.29 bits per heavy atom. The van der Waals surface area contributed by atoms with Crippen LogP contribution in [0.15, 0.2) is 48.5 Å². The summed E-state index contributed by atoms with van der Waals surface area (Å²) in [5.74, 6) is 1.77. The fraction of sp³-hybridized carbons (Fsp3) is 0.333. The van der Waals surface area contributed by atoms with Crippen LogP contribution in [0.1, 0.15) is 13.3 Å². The van der Waals surface area contributed by atoms with Gasteiger partial charge < -0.3 is 24.4 Å². The van der Waals surface area contributed by atoms with Gasteiger partial charge in [0.2, 0.25) is 5.91 Å². The number of carbonyl (C=O) groups is 2. The predicted octanol–water partition coefficient (Wildman–Crippen LogP) is 2.39. The summed E-state index contributed by atoms with van der Waals surface area (Å²) in [6.07, 6.45) is 0.265. The number of ether oxygens (including phenoxy) is 3. The average Bonchev–Trinajstić information content (AvgIpc) is 3.07. The molecule has 1 aliphatic heterocycles. The molecule has 7 nitrogen and oxygen atoms in total. The summed E-state index contributed by atoms with van der Waals surface area (Å²) in [6, 6.07) is 14.1. The van der Waals surface area contributed by atoms with E-state index in [-0.39, 0.29) is 30.9 Å². The number of benzene rings is 2. The minimum atomic E-state index is -0.262. The second-order valence-electron chi connectivity index (χ2n) is 6.36. The number of methoxy groups -OCH3 is 1. The Kier molecular flexibility index (Phi) is 6.37. The minimum Gasteiger partial charge on any atom is -0.497 e. The SMILES string of the molecule is CCOc1ccc(N2CC(NC(=O)COc3ccc(OC)cc3)CC2=O)cc1. The van der Waals surface area contributed by atoms with E-state index in [9.17, 15) is 9.59 Å². The number of rotatable bonds is 8. The second-order valence-corrected chi connectivity index (χ2v) is 6.36. The van der Waals surface area contributed by atoms with E-state index in [1.807, 2.05) is 31.2 Å². The smallest absolute Gasteiger partial charge is 0.258 e. The van der Waals surface area contributed by atoms with Gasteiger partial charge in [-0.3, -0.25) is 9.59 Å². The van der Waals surface area contributed by atoms with Crippen molar-refractivity contribution in [1.29, 1.82) is 0 Å². The van der Waals surface area contributed by atoms with Crippen LogP contribution in [0.5, 0.6) is 17.2 Å². The predicted molar refractivity (Wildman–Crippen MR) is 105 cm³/mol. The van der Waals surface area contributed by atoms with Gasteiger partial charge in [-0.1, -0.05) is 0 Å². The molecule has 0 bridgehead atoms. The van der Waals surface area contributed by atoms with Gasteiger partial charge in [-0.2, -0.15) is 0 Å². The van der Waals surface area contributed by atoms with Gasteiger partial charge in [-0.25, -0.2) is 0 Å². The van der Waals surface area contributed by atoms with E-state index in [1.54, 1.807) is 36.3 Å². The molecule has 1 heterocycles. The molecule has 2 amide bonds. The maximum absolute atomic E-state index is 12.3. The van der Waals surface area contributed by atoms with E-state index in [1.165, 1.54) is 0 Å². The van der Waals surface area contributed by atoms with Gasteiger partial charge in [0.1, 0.15) is 17.2 Å². The summed E-state index contributed by atoms with van der Waals surface area (Å²) in [5, 5.41) is 2.86. The van der Waals surface area contributed by atoms with Crippen LogP contribution in [0, 0.1) is 0 Å². The monoisotopic (exact) mass is 384 g/mol. The number of carbonyl (C=O) groups excluding carboxylic acids is 2. The van der Waals surface area contributed by atoms with Crippen LogP contribution in [-0.2, 0) is 9.59 Å². The molecule has 0 saturated carbocycles. The molecule has 0 radical (unpaired) electrons. The first-order chi connectivity index (χ1) is 13.6. The van der Waals surface area contributed by atoms with Crippen molar-refractivity contribution >= 4 is 17.5 Å². The molecule has 7 heteroatoms. The zero-order valence-electron chi connectivity index (χ0n) is 16.0. The van der Waals surface area contributed by atoms with E-state index < -0.39 is 0 Å². The van der Waals surface area contributed by atoms with Gasteiger partial charge in [0.15, 0.2) is 6.61 Å². The lowest BCUT2D eigenvalue weighted by Gasteiger charge is -2.18. The summed E-state index contributed by atoms with van der Waals surface area (Å²) in [7, 11) is 1.59. The van der Waals surface area contributed by atoms with Crippen molar-refractivity contribution in [2.45, 2.75) is 19.4 Å². The van der Waals surface area contributed by atoms with Crippen molar-refractivity contribution in [3.8, 4) is 17.2 Å². The molecule has 2 aromatic carbocycles. The lowest BCUT2D eigenvalue weighted by molar-refractivity contribution is -0.123. The van der Waals surface area contributed by atoms with Gasteiger partial charge in [0.05, 0.1) is 19.8 Å². The largest absolute Gasteiger partial charge is 0.497 e. The molecule has 1 unspecified atom stereocenters. The van der Waals surface area contributed by atoms with Crippen LogP contribution in [-0.4, -0.2) is 44.7 Å². The molecule has 148 valence electrons. The first-order valence-corrected chi connectivity index (χ1v) is 9.18. The lowest BCUT2D eigenvalue weighted by Crippen LogP contribution is -2.39. The summed E-state index contributed by atoms with van der Waals surface area (Å²) in [5.41, 5.74) is 0.791. The Hall–Kier alpha value is -3.22. The highest BCUT2D eigenvalue weighted by atomic mass is 16.5. The van der Waals surface area contributed by atoms with Gasteiger partial charge in [0.25, 0.3) is 5.91 Å². The molecule has 3 rings (SSSR count). The minimum absolute atomic E-state index is 0.0227. The van der Waals surface area contributed by atoms with Crippen molar-refractivity contribution < 1.29 is 23.8 Å². The number of amides is 2. The highest BCUT2D eigenvalue weighted by Gasteiger charge is 2.31. The maximum Gasteiger partial charge on any atom is 0.258 e. The van der Waals surface area contributed by atoms with Crippen molar-refractivity contribution in [1.82, 2.24) is 5.32 Å².